The summed E-state index contributed by atoms with van der Waals surface area (Å²) < 4.78 is 4.67. The molecule has 0 bridgehead atoms. The normalized spacial score (nSPS) is 27.6. The first-order valence-corrected chi connectivity index (χ1v) is 7.33. The summed E-state index contributed by atoms with van der Waals surface area (Å²) >= 11 is 0. The highest BCUT2D eigenvalue weighted by Gasteiger charge is 2.47. The van der Waals surface area contributed by atoms with E-state index >= 15 is 0 Å². The van der Waals surface area contributed by atoms with E-state index in [0.717, 1.165) is 12.0 Å². The van der Waals surface area contributed by atoms with Crippen molar-refractivity contribution in [3.8, 4) is 0 Å². The van der Waals surface area contributed by atoms with Gasteiger partial charge < -0.3 is 15.4 Å². The summed E-state index contributed by atoms with van der Waals surface area (Å²) in [4.78, 5) is 23.5. The molecule has 1 aliphatic carbocycles. The van der Waals surface area contributed by atoms with Gasteiger partial charge in [-0.15, -0.1) is 0 Å². The van der Waals surface area contributed by atoms with Crippen LogP contribution >= 0.6 is 0 Å². The second kappa shape index (κ2) is 5.48. The molecule has 0 radical (unpaired) electrons. The van der Waals surface area contributed by atoms with Crippen molar-refractivity contribution in [2.45, 2.75) is 37.9 Å². The van der Waals surface area contributed by atoms with Gasteiger partial charge in [-0.3, -0.25) is 4.79 Å². The lowest BCUT2D eigenvalue weighted by Gasteiger charge is -2.19. The van der Waals surface area contributed by atoms with Crippen molar-refractivity contribution in [3.05, 3.63) is 35.4 Å². The summed E-state index contributed by atoms with van der Waals surface area (Å²) in [7, 11) is 1.36. The number of fused-ring (bicyclic) bond motifs is 1. The van der Waals surface area contributed by atoms with Crippen LogP contribution in [0.1, 0.15) is 41.7 Å². The number of nitrogens with one attached hydrogen (secondary N) is 2. The minimum absolute atomic E-state index is 0.0504. The molecule has 3 rings (SSSR count). The topological polar surface area (TPSA) is 67.4 Å². The first-order chi connectivity index (χ1) is 10.1. The zero-order valence-corrected chi connectivity index (χ0v) is 12.3. The second-order valence-corrected chi connectivity index (χ2v) is 5.90. The maximum absolute atomic E-state index is 12.2. The largest absolute Gasteiger partial charge is 0.465 e. The third-order valence-electron chi connectivity index (χ3n) is 4.38. The maximum Gasteiger partial charge on any atom is 0.337 e. The van der Waals surface area contributed by atoms with Crippen LogP contribution in [0.25, 0.3) is 0 Å². The van der Waals surface area contributed by atoms with Gasteiger partial charge in [-0.25, -0.2) is 4.79 Å². The van der Waals surface area contributed by atoms with Crippen LogP contribution in [0.2, 0.25) is 0 Å². The van der Waals surface area contributed by atoms with Crippen LogP contribution in [0, 0.1) is 5.92 Å². The van der Waals surface area contributed by atoms with Gasteiger partial charge in [0.25, 0.3) is 0 Å². The number of benzene rings is 1. The highest BCUT2D eigenvalue weighted by Crippen LogP contribution is 2.40. The average Bonchev–Trinajstić information content (AvgIpc) is 3.12. The third-order valence-corrected chi connectivity index (χ3v) is 4.38. The molecule has 4 unspecified atom stereocenters. The molecule has 2 N–H and O–H groups in total. The molecule has 112 valence electrons. The number of methoxy groups -OCH3 is 1. The Balaban J connectivity index is 1.58. The van der Waals surface area contributed by atoms with Crippen LogP contribution in [0.3, 0.4) is 0 Å². The number of hydrogen-bond donors (Lipinski definition) is 2. The zero-order chi connectivity index (χ0) is 15.0. The van der Waals surface area contributed by atoms with E-state index in [1.165, 1.54) is 13.5 Å². The third kappa shape index (κ3) is 2.93. The molecule has 21 heavy (non-hydrogen) atoms. The fraction of sp³-hybridized carbons (Fsp3) is 0.500. The van der Waals surface area contributed by atoms with Crippen molar-refractivity contribution < 1.29 is 14.3 Å². The number of carbonyl (C=O) groups is 2. The molecule has 1 saturated carbocycles. The minimum atomic E-state index is -0.354. The van der Waals surface area contributed by atoms with E-state index in [4.69, 9.17) is 0 Å². The van der Waals surface area contributed by atoms with Crippen molar-refractivity contribution in [1.82, 2.24) is 10.6 Å². The number of ether oxygens (including phenoxy) is 1. The van der Waals surface area contributed by atoms with Crippen molar-refractivity contribution >= 4 is 11.9 Å². The van der Waals surface area contributed by atoms with Gasteiger partial charge in [0.2, 0.25) is 5.91 Å². The molecule has 2 fully saturated rings. The first kappa shape index (κ1) is 14.1. The number of rotatable bonds is 4. The highest BCUT2D eigenvalue weighted by atomic mass is 16.5. The predicted molar refractivity (Wildman–Crippen MR) is 77.8 cm³/mol. The molecule has 1 aromatic rings. The zero-order valence-electron chi connectivity index (χ0n) is 12.3. The maximum atomic E-state index is 12.2. The van der Waals surface area contributed by atoms with Gasteiger partial charge in [-0.05, 0) is 43.4 Å². The fourth-order valence-electron chi connectivity index (χ4n) is 2.95. The average molecular weight is 288 g/mol. The summed E-state index contributed by atoms with van der Waals surface area (Å²) in [5.41, 5.74) is 1.48. The monoisotopic (exact) mass is 288 g/mol. The van der Waals surface area contributed by atoms with Gasteiger partial charge in [-0.1, -0.05) is 12.1 Å². The van der Waals surface area contributed by atoms with Crippen LogP contribution in [0.4, 0.5) is 0 Å². The molecule has 5 nitrogen and oxygen atoms in total. The van der Waals surface area contributed by atoms with E-state index in [0.29, 0.717) is 17.5 Å². The van der Waals surface area contributed by atoms with Gasteiger partial charge in [0.15, 0.2) is 0 Å². The van der Waals surface area contributed by atoms with Crippen molar-refractivity contribution in [2.75, 3.05) is 7.11 Å². The molecule has 1 saturated heterocycles. The number of esters is 1. The van der Waals surface area contributed by atoms with Crippen molar-refractivity contribution in [3.63, 3.8) is 0 Å². The molecule has 0 aromatic heterocycles. The Morgan fingerprint density at radius 1 is 1.29 bits per heavy atom. The van der Waals surface area contributed by atoms with E-state index in [1.807, 2.05) is 19.1 Å². The molecule has 0 spiro atoms. The van der Waals surface area contributed by atoms with E-state index in [9.17, 15) is 9.59 Å². The lowest BCUT2D eigenvalue weighted by Crippen LogP contribution is -2.43. The molecule has 2 aliphatic rings. The van der Waals surface area contributed by atoms with Gasteiger partial charge in [-0.2, -0.15) is 0 Å². The number of amides is 1. The SMILES string of the molecule is COC(=O)c1ccc(C(C)NC(=O)C2CC3CC3N2)cc1. The van der Waals surface area contributed by atoms with E-state index < -0.39 is 0 Å². The van der Waals surface area contributed by atoms with E-state index in [-0.39, 0.29) is 24.0 Å². The Hall–Kier alpha value is -1.88. The first-order valence-electron chi connectivity index (χ1n) is 7.33. The van der Waals surface area contributed by atoms with Crippen LogP contribution in [-0.2, 0) is 9.53 Å². The Morgan fingerprint density at radius 2 is 2.00 bits per heavy atom. The molecular formula is C16H20N2O3. The summed E-state index contributed by atoms with van der Waals surface area (Å²) in [6, 6.07) is 7.55. The molecule has 5 heteroatoms. The summed E-state index contributed by atoms with van der Waals surface area (Å²) in [5, 5.41) is 6.37. The summed E-state index contributed by atoms with van der Waals surface area (Å²) in [6.45, 7) is 1.95. The molecule has 4 atom stereocenters. The standard InChI is InChI=1S/C16H20N2O3/c1-9(10-3-5-11(6-4-10)16(20)21-2)17-15(19)14-8-12-7-13(12)18-14/h3-6,9,12-14,18H,7-8H2,1-2H3,(H,17,19). The van der Waals surface area contributed by atoms with Gasteiger partial charge >= 0.3 is 5.97 Å². The van der Waals surface area contributed by atoms with Gasteiger partial charge in [0.05, 0.1) is 24.8 Å². The van der Waals surface area contributed by atoms with Crippen LogP contribution in [-0.4, -0.2) is 31.1 Å². The van der Waals surface area contributed by atoms with Crippen molar-refractivity contribution in [1.29, 1.82) is 0 Å². The summed E-state index contributed by atoms with van der Waals surface area (Å²) in [5.74, 6) is 0.412. The molecule has 1 amide bonds. The Morgan fingerprint density at radius 3 is 2.57 bits per heavy atom. The Bertz CT molecular complexity index is 545. The molecule has 1 aromatic carbocycles. The molecule has 1 aliphatic heterocycles. The van der Waals surface area contributed by atoms with E-state index in [1.54, 1.807) is 12.1 Å². The molecular weight excluding hydrogens is 268 g/mol. The van der Waals surface area contributed by atoms with Gasteiger partial charge in [0.1, 0.15) is 0 Å². The van der Waals surface area contributed by atoms with Crippen molar-refractivity contribution in [2.24, 2.45) is 5.92 Å². The predicted octanol–water partition coefficient (Wildman–Crippen LogP) is 1.40. The highest BCUT2D eigenvalue weighted by molar-refractivity contribution is 5.89. The summed E-state index contributed by atoms with van der Waals surface area (Å²) in [6.07, 6.45) is 2.17. The van der Waals surface area contributed by atoms with Crippen LogP contribution in [0.5, 0.6) is 0 Å². The fourth-order valence-corrected chi connectivity index (χ4v) is 2.95. The number of carbonyl (C=O) groups excluding carboxylic acids is 2. The van der Waals surface area contributed by atoms with Gasteiger partial charge in [0, 0.05) is 6.04 Å². The van der Waals surface area contributed by atoms with Crippen LogP contribution in [0.15, 0.2) is 24.3 Å². The van der Waals surface area contributed by atoms with E-state index in [2.05, 4.69) is 15.4 Å². The lowest BCUT2D eigenvalue weighted by molar-refractivity contribution is -0.123. The Kier molecular flexibility index (Phi) is 3.68. The number of piperidine rings is 1. The number of hydrogen-bond acceptors (Lipinski definition) is 4. The van der Waals surface area contributed by atoms with Crippen LogP contribution < -0.4 is 10.6 Å². The molecule has 1 heterocycles. The Labute approximate surface area is 124 Å². The quantitative estimate of drug-likeness (QED) is 0.822. The lowest BCUT2D eigenvalue weighted by atomic mass is 10.1. The smallest absolute Gasteiger partial charge is 0.337 e. The minimum Gasteiger partial charge on any atom is -0.465 e. The second-order valence-electron chi connectivity index (χ2n) is 5.90.